The first-order valence-corrected chi connectivity index (χ1v) is 4.95. The third-order valence-corrected chi connectivity index (χ3v) is 2.27. The van der Waals surface area contributed by atoms with E-state index in [-0.39, 0.29) is 5.97 Å². The molecule has 0 aromatic carbocycles. The smallest absolute Gasteiger partial charge is 0.315 e. The molecule has 0 aliphatic rings. The molecule has 0 spiro atoms. The van der Waals surface area contributed by atoms with Gasteiger partial charge in [0.15, 0.2) is 0 Å². The fourth-order valence-corrected chi connectivity index (χ4v) is 1.09. The zero-order valence-electron chi connectivity index (χ0n) is 9.25. The fraction of sp³-hybridized carbons (Fsp3) is 0.727. The molecule has 0 heterocycles. The summed E-state index contributed by atoms with van der Waals surface area (Å²) in [4.78, 5) is 11.5. The summed E-state index contributed by atoms with van der Waals surface area (Å²) in [6.45, 7) is 9.26. The first kappa shape index (κ1) is 13.2. The molecule has 0 fully saturated rings. The van der Waals surface area contributed by atoms with Crippen LogP contribution in [0.3, 0.4) is 0 Å². The van der Waals surface area contributed by atoms with Crippen LogP contribution in [0.4, 0.5) is 0 Å². The highest BCUT2D eigenvalue weighted by Gasteiger charge is 2.31. The molecular weight excluding hydrogens is 180 g/mol. The molecule has 0 saturated carbocycles. The molecule has 0 radical (unpaired) electrons. The number of carbonyl (C=O) groups excluding carboxylic acids is 1. The Bertz CT molecular complexity index is 199. The lowest BCUT2D eigenvalue weighted by Crippen LogP contribution is -2.28. The Hall–Kier alpha value is -0.830. The van der Waals surface area contributed by atoms with Crippen LogP contribution in [0.5, 0.6) is 0 Å². The maximum Gasteiger partial charge on any atom is 0.315 e. The molecule has 82 valence electrons. The minimum absolute atomic E-state index is 0.268. The second-order valence-corrected chi connectivity index (χ2v) is 3.73. The summed E-state index contributed by atoms with van der Waals surface area (Å²) in [6, 6.07) is 0. The molecule has 14 heavy (non-hydrogen) atoms. The van der Waals surface area contributed by atoms with Gasteiger partial charge in [-0.2, -0.15) is 0 Å². The number of esters is 1. The van der Waals surface area contributed by atoms with Gasteiger partial charge in [0, 0.05) is 0 Å². The number of hydrogen-bond donors (Lipinski definition) is 1. The van der Waals surface area contributed by atoms with Crippen molar-refractivity contribution >= 4 is 5.97 Å². The van der Waals surface area contributed by atoms with Crippen molar-refractivity contribution in [2.24, 2.45) is 5.41 Å². The first-order chi connectivity index (χ1) is 6.46. The van der Waals surface area contributed by atoms with Gasteiger partial charge in [-0.05, 0) is 33.6 Å². The minimum atomic E-state index is -0.674. The molecule has 2 atom stereocenters. The van der Waals surface area contributed by atoms with Crippen LogP contribution in [0.15, 0.2) is 12.7 Å². The van der Waals surface area contributed by atoms with Crippen molar-refractivity contribution in [3.05, 3.63) is 12.7 Å². The van der Waals surface area contributed by atoms with Gasteiger partial charge in [-0.25, -0.2) is 0 Å². The normalized spacial score (nSPS) is 16.9. The lowest BCUT2D eigenvalue weighted by Gasteiger charge is -2.23. The van der Waals surface area contributed by atoms with E-state index in [2.05, 4.69) is 6.58 Å². The zero-order chi connectivity index (χ0) is 11.2. The molecule has 2 unspecified atom stereocenters. The Morgan fingerprint density at radius 2 is 2.29 bits per heavy atom. The summed E-state index contributed by atoms with van der Waals surface area (Å²) in [7, 11) is 0. The van der Waals surface area contributed by atoms with E-state index in [0.717, 1.165) is 0 Å². The van der Waals surface area contributed by atoms with Crippen LogP contribution in [0.1, 0.15) is 33.6 Å². The highest BCUT2D eigenvalue weighted by atomic mass is 16.5. The summed E-state index contributed by atoms with van der Waals surface area (Å²) < 4.78 is 4.94. The predicted octanol–water partition coefficient (Wildman–Crippen LogP) is 1.90. The molecule has 0 aromatic rings. The van der Waals surface area contributed by atoms with Crippen molar-refractivity contribution in [3.63, 3.8) is 0 Å². The van der Waals surface area contributed by atoms with Crippen LogP contribution in [-0.4, -0.2) is 23.8 Å². The minimum Gasteiger partial charge on any atom is -0.465 e. The molecule has 3 heteroatoms. The third-order valence-electron chi connectivity index (χ3n) is 2.27. The summed E-state index contributed by atoms with van der Waals surface area (Å²) in [6.07, 6.45) is 2.32. The van der Waals surface area contributed by atoms with Crippen LogP contribution in [0.2, 0.25) is 0 Å². The summed E-state index contributed by atoms with van der Waals surface area (Å²) >= 11 is 0. The lowest BCUT2D eigenvalue weighted by atomic mass is 9.85. The number of rotatable bonds is 6. The molecule has 0 aliphatic heterocycles. The van der Waals surface area contributed by atoms with Gasteiger partial charge >= 0.3 is 5.97 Å². The topological polar surface area (TPSA) is 46.5 Å². The number of hydrogen-bond acceptors (Lipinski definition) is 3. The van der Waals surface area contributed by atoms with E-state index in [1.165, 1.54) is 0 Å². The summed E-state index contributed by atoms with van der Waals surface area (Å²) in [5.74, 6) is -0.268. The van der Waals surface area contributed by atoms with Crippen LogP contribution < -0.4 is 0 Å². The quantitative estimate of drug-likeness (QED) is 0.526. The van der Waals surface area contributed by atoms with E-state index in [4.69, 9.17) is 9.84 Å². The van der Waals surface area contributed by atoms with Gasteiger partial charge in [-0.3, -0.25) is 4.79 Å². The second-order valence-electron chi connectivity index (χ2n) is 3.73. The van der Waals surface area contributed by atoms with E-state index in [9.17, 15) is 4.79 Å². The molecular formula is C11H20O3. The van der Waals surface area contributed by atoms with Gasteiger partial charge < -0.3 is 9.84 Å². The van der Waals surface area contributed by atoms with Crippen LogP contribution in [0.25, 0.3) is 0 Å². The molecule has 0 aliphatic carbocycles. The lowest BCUT2D eigenvalue weighted by molar-refractivity contribution is -0.152. The van der Waals surface area contributed by atoms with Crippen LogP contribution in [0, 0.1) is 5.41 Å². The van der Waals surface area contributed by atoms with E-state index in [0.29, 0.717) is 19.4 Å². The average molecular weight is 200 g/mol. The average Bonchev–Trinajstić information content (AvgIpc) is 2.14. The van der Waals surface area contributed by atoms with Gasteiger partial charge in [0.2, 0.25) is 0 Å². The van der Waals surface area contributed by atoms with Crippen molar-refractivity contribution < 1.29 is 14.6 Å². The fourth-order valence-electron chi connectivity index (χ4n) is 1.09. The molecule has 0 saturated heterocycles. The maximum atomic E-state index is 11.5. The van der Waals surface area contributed by atoms with Crippen molar-refractivity contribution in [2.45, 2.75) is 39.7 Å². The molecule has 3 nitrogen and oxygen atoms in total. The Balaban J connectivity index is 4.30. The SMILES string of the molecule is C=CC(C)(CCC(C)O)C(=O)OCC. The van der Waals surface area contributed by atoms with Crippen LogP contribution in [-0.2, 0) is 9.53 Å². The Morgan fingerprint density at radius 1 is 1.71 bits per heavy atom. The second kappa shape index (κ2) is 5.81. The van der Waals surface area contributed by atoms with Crippen LogP contribution >= 0.6 is 0 Å². The Labute approximate surface area is 85.8 Å². The molecule has 0 aromatic heterocycles. The van der Waals surface area contributed by atoms with E-state index in [1.807, 2.05) is 0 Å². The number of ether oxygens (including phenoxy) is 1. The predicted molar refractivity (Wildman–Crippen MR) is 55.9 cm³/mol. The summed E-state index contributed by atoms with van der Waals surface area (Å²) in [5.41, 5.74) is -0.674. The Kier molecular flexibility index (Phi) is 5.46. The maximum absolute atomic E-state index is 11.5. The van der Waals surface area contributed by atoms with Crippen molar-refractivity contribution in [1.82, 2.24) is 0 Å². The third kappa shape index (κ3) is 3.92. The first-order valence-electron chi connectivity index (χ1n) is 4.95. The van der Waals surface area contributed by atoms with Gasteiger partial charge in [0.05, 0.1) is 18.1 Å². The highest BCUT2D eigenvalue weighted by molar-refractivity contribution is 5.78. The van der Waals surface area contributed by atoms with Crippen molar-refractivity contribution in [1.29, 1.82) is 0 Å². The monoisotopic (exact) mass is 200 g/mol. The largest absolute Gasteiger partial charge is 0.465 e. The summed E-state index contributed by atoms with van der Waals surface area (Å²) in [5, 5.41) is 9.14. The van der Waals surface area contributed by atoms with E-state index in [1.54, 1.807) is 26.8 Å². The van der Waals surface area contributed by atoms with Gasteiger partial charge in [-0.1, -0.05) is 6.08 Å². The number of carbonyl (C=O) groups is 1. The van der Waals surface area contributed by atoms with Gasteiger partial charge in [0.1, 0.15) is 0 Å². The number of aliphatic hydroxyl groups excluding tert-OH is 1. The van der Waals surface area contributed by atoms with E-state index < -0.39 is 11.5 Å². The highest BCUT2D eigenvalue weighted by Crippen LogP contribution is 2.27. The molecule has 0 rings (SSSR count). The molecule has 0 amide bonds. The Morgan fingerprint density at radius 3 is 2.64 bits per heavy atom. The molecule has 0 bridgehead atoms. The van der Waals surface area contributed by atoms with Crippen molar-refractivity contribution in [3.8, 4) is 0 Å². The zero-order valence-corrected chi connectivity index (χ0v) is 9.25. The van der Waals surface area contributed by atoms with E-state index >= 15 is 0 Å². The van der Waals surface area contributed by atoms with Gasteiger partial charge in [-0.15, -0.1) is 6.58 Å². The van der Waals surface area contributed by atoms with Crippen molar-refractivity contribution in [2.75, 3.05) is 6.61 Å². The number of aliphatic hydroxyl groups is 1. The van der Waals surface area contributed by atoms with Gasteiger partial charge in [0.25, 0.3) is 0 Å². The molecule has 1 N–H and O–H groups in total. The standard InChI is InChI=1S/C11H20O3/c1-5-11(4,8-7-9(3)12)10(13)14-6-2/h5,9,12H,1,6-8H2,2-4H3.